The maximum absolute atomic E-state index is 13.1. The fourth-order valence-electron chi connectivity index (χ4n) is 6.79. The minimum absolute atomic E-state index is 0.000264. The Hall–Kier alpha value is -1.94. The van der Waals surface area contributed by atoms with E-state index in [4.69, 9.17) is 0 Å². The molecule has 6 rings (SSSR count). The summed E-state index contributed by atoms with van der Waals surface area (Å²) in [5.74, 6) is 2.25. The molecule has 0 bridgehead atoms. The molecule has 4 aliphatic rings. The molecule has 10 heteroatoms. The van der Waals surface area contributed by atoms with Crippen LogP contribution in [0, 0.1) is 17.3 Å². The van der Waals surface area contributed by atoms with Gasteiger partial charge in [-0.3, -0.25) is 14.6 Å². The Morgan fingerprint density at radius 3 is 2.52 bits per heavy atom. The van der Waals surface area contributed by atoms with Crippen molar-refractivity contribution in [3.8, 4) is 11.3 Å². The molecule has 178 valence electrons. The standard InChI is InChI=1S/C23H27F3N4O2S/c1-2-30-20(8-19(28-30)14-5-15(10-27-9-14)23(24,25)26)21-17-6-16(7-18(17)21)29-4-3-22(11-29)12-33(31,32)13-22/h5,8-10,16-18,21H,2-4,6-7,11-13H2,1H3/t16-,17-,18+,21+. The maximum atomic E-state index is 13.1. The van der Waals surface area contributed by atoms with E-state index in [9.17, 15) is 21.6 Å². The van der Waals surface area contributed by atoms with E-state index >= 15 is 0 Å². The zero-order chi connectivity index (χ0) is 23.2. The average molecular weight is 481 g/mol. The van der Waals surface area contributed by atoms with E-state index in [2.05, 4.69) is 15.0 Å². The lowest BCUT2D eigenvalue weighted by molar-refractivity contribution is -0.137. The molecule has 4 fully saturated rings. The minimum Gasteiger partial charge on any atom is -0.300 e. The van der Waals surface area contributed by atoms with Crippen LogP contribution in [0.1, 0.15) is 43.4 Å². The summed E-state index contributed by atoms with van der Waals surface area (Å²) >= 11 is 0. The van der Waals surface area contributed by atoms with Crippen molar-refractivity contribution in [2.45, 2.75) is 50.9 Å². The number of pyridine rings is 1. The molecule has 4 atom stereocenters. The first kappa shape index (κ1) is 21.6. The molecule has 2 aromatic rings. The molecule has 6 nitrogen and oxygen atoms in total. The number of aromatic nitrogens is 3. The van der Waals surface area contributed by atoms with Crippen LogP contribution in [0.3, 0.4) is 0 Å². The number of nitrogens with zero attached hydrogens (tertiary/aromatic N) is 4. The van der Waals surface area contributed by atoms with Crippen LogP contribution in [0.25, 0.3) is 11.3 Å². The van der Waals surface area contributed by atoms with Crippen molar-refractivity contribution >= 4 is 9.84 Å². The Labute approximate surface area is 191 Å². The van der Waals surface area contributed by atoms with Gasteiger partial charge in [0, 0.05) is 54.1 Å². The summed E-state index contributed by atoms with van der Waals surface area (Å²) in [6.45, 7) is 4.57. The van der Waals surface area contributed by atoms with E-state index in [1.165, 1.54) is 6.20 Å². The molecule has 0 unspecified atom stereocenters. The van der Waals surface area contributed by atoms with E-state index in [1.807, 2.05) is 17.7 Å². The molecule has 2 aliphatic heterocycles. The lowest BCUT2D eigenvalue weighted by atomic mass is 9.91. The minimum atomic E-state index is -4.43. The van der Waals surface area contributed by atoms with Crippen molar-refractivity contribution in [1.29, 1.82) is 0 Å². The average Bonchev–Trinajstić information content (AvgIpc) is 3.18. The molecular weight excluding hydrogens is 453 g/mol. The number of alkyl halides is 3. The first-order valence-corrected chi connectivity index (χ1v) is 13.4. The summed E-state index contributed by atoms with van der Waals surface area (Å²) in [6.07, 6.45) is 1.04. The SMILES string of the molecule is CCn1nc(-c2cncc(C(F)(F)F)c2)cc1[C@H]1[C@@H]2C[C@@H](N3CCC4(C3)CS(=O)(=O)C4)C[C@@H]21. The first-order valence-electron chi connectivity index (χ1n) is 11.6. The zero-order valence-electron chi connectivity index (χ0n) is 18.4. The molecule has 4 heterocycles. The van der Waals surface area contributed by atoms with Crippen LogP contribution in [0.15, 0.2) is 24.5 Å². The van der Waals surface area contributed by atoms with E-state index < -0.39 is 21.6 Å². The largest absolute Gasteiger partial charge is 0.417 e. The van der Waals surface area contributed by atoms with Gasteiger partial charge in [-0.1, -0.05) is 0 Å². The van der Waals surface area contributed by atoms with Crippen LogP contribution in [0.5, 0.6) is 0 Å². The van der Waals surface area contributed by atoms with Gasteiger partial charge in [0.05, 0.1) is 22.8 Å². The Bertz CT molecular complexity index is 1180. The van der Waals surface area contributed by atoms with Crippen molar-refractivity contribution in [3.63, 3.8) is 0 Å². The van der Waals surface area contributed by atoms with Crippen molar-refractivity contribution in [2.24, 2.45) is 17.3 Å². The van der Waals surface area contributed by atoms with Crippen LogP contribution in [0.2, 0.25) is 0 Å². The van der Waals surface area contributed by atoms with Gasteiger partial charge in [0.25, 0.3) is 0 Å². The summed E-state index contributed by atoms with van der Waals surface area (Å²) in [6, 6.07) is 3.58. The van der Waals surface area contributed by atoms with Gasteiger partial charge in [-0.15, -0.1) is 0 Å². The summed E-state index contributed by atoms with van der Waals surface area (Å²) in [4.78, 5) is 6.29. The summed E-state index contributed by atoms with van der Waals surface area (Å²) in [7, 11) is -2.81. The Kier molecular flexibility index (Phi) is 4.60. The maximum Gasteiger partial charge on any atom is 0.417 e. The van der Waals surface area contributed by atoms with Gasteiger partial charge >= 0.3 is 6.18 Å². The lowest BCUT2D eigenvalue weighted by Crippen LogP contribution is -2.50. The van der Waals surface area contributed by atoms with Crippen molar-refractivity contribution in [3.05, 3.63) is 35.8 Å². The zero-order valence-corrected chi connectivity index (χ0v) is 19.2. The van der Waals surface area contributed by atoms with Crippen LogP contribution < -0.4 is 0 Å². The lowest BCUT2D eigenvalue weighted by Gasteiger charge is -2.38. The predicted molar refractivity (Wildman–Crippen MR) is 116 cm³/mol. The number of sulfone groups is 1. The second-order valence-corrected chi connectivity index (χ2v) is 12.5. The topological polar surface area (TPSA) is 68.1 Å². The van der Waals surface area contributed by atoms with Crippen molar-refractivity contribution in [2.75, 3.05) is 24.6 Å². The predicted octanol–water partition coefficient (Wildman–Crippen LogP) is 3.60. The summed E-state index contributed by atoms with van der Waals surface area (Å²) in [5, 5.41) is 4.60. The van der Waals surface area contributed by atoms with Gasteiger partial charge < -0.3 is 0 Å². The van der Waals surface area contributed by atoms with Gasteiger partial charge in [-0.2, -0.15) is 18.3 Å². The number of hydrogen-bond acceptors (Lipinski definition) is 5. The first-order chi connectivity index (χ1) is 15.6. The van der Waals surface area contributed by atoms with Crippen LogP contribution >= 0.6 is 0 Å². The fourth-order valence-corrected chi connectivity index (χ4v) is 9.04. The Balaban J connectivity index is 1.15. The molecule has 2 saturated carbocycles. The van der Waals surface area contributed by atoms with Crippen LogP contribution in [-0.2, 0) is 22.6 Å². The number of hydrogen-bond donors (Lipinski definition) is 0. The number of aryl methyl sites for hydroxylation is 1. The molecular formula is C23H27F3N4O2S. The fraction of sp³-hybridized carbons (Fsp3) is 0.652. The molecule has 0 N–H and O–H groups in total. The smallest absolute Gasteiger partial charge is 0.300 e. The molecule has 33 heavy (non-hydrogen) atoms. The molecule has 0 amide bonds. The third-order valence-corrected chi connectivity index (χ3v) is 10.4. The molecule has 1 spiro atoms. The van der Waals surface area contributed by atoms with Gasteiger partial charge in [0.15, 0.2) is 9.84 Å². The number of rotatable bonds is 4. The monoisotopic (exact) mass is 480 g/mol. The number of fused-ring (bicyclic) bond motifs is 1. The highest BCUT2D eigenvalue weighted by Crippen LogP contribution is 2.64. The van der Waals surface area contributed by atoms with E-state index in [-0.39, 0.29) is 5.41 Å². The highest BCUT2D eigenvalue weighted by Gasteiger charge is 2.60. The molecule has 2 aliphatic carbocycles. The quantitative estimate of drug-likeness (QED) is 0.669. The van der Waals surface area contributed by atoms with E-state index in [1.54, 1.807) is 0 Å². The van der Waals surface area contributed by atoms with Gasteiger partial charge in [0.2, 0.25) is 0 Å². The van der Waals surface area contributed by atoms with Crippen molar-refractivity contribution < 1.29 is 21.6 Å². The normalized spacial score (nSPS) is 32.1. The van der Waals surface area contributed by atoms with E-state index in [0.29, 0.717) is 53.1 Å². The highest BCUT2D eigenvalue weighted by molar-refractivity contribution is 7.92. The van der Waals surface area contributed by atoms with E-state index in [0.717, 1.165) is 50.3 Å². The summed E-state index contributed by atoms with van der Waals surface area (Å²) < 4.78 is 64.6. The second kappa shape index (κ2) is 7.04. The molecule has 2 aromatic heterocycles. The third-order valence-electron chi connectivity index (χ3n) is 8.27. The number of likely N-dealkylation sites (tertiary alicyclic amines) is 1. The van der Waals surface area contributed by atoms with Gasteiger partial charge in [-0.05, 0) is 56.7 Å². The van der Waals surface area contributed by atoms with Crippen molar-refractivity contribution in [1.82, 2.24) is 19.7 Å². The Morgan fingerprint density at radius 2 is 1.88 bits per heavy atom. The molecule has 2 saturated heterocycles. The third kappa shape index (κ3) is 3.60. The van der Waals surface area contributed by atoms with Gasteiger partial charge in [0.1, 0.15) is 0 Å². The highest BCUT2D eigenvalue weighted by atomic mass is 32.2. The Morgan fingerprint density at radius 1 is 1.15 bits per heavy atom. The van der Waals surface area contributed by atoms with Crippen LogP contribution in [-0.4, -0.2) is 58.7 Å². The second-order valence-electron chi connectivity index (χ2n) is 10.5. The van der Waals surface area contributed by atoms with Crippen LogP contribution in [0.4, 0.5) is 13.2 Å². The van der Waals surface area contributed by atoms with Gasteiger partial charge in [-0.25, -0.2) is 8.42 Å². The number of halogens is 3. The molecule has 0 radical (unpaired) electrons. The summed E-state index contributed by atoms with van der Waals surface area (Å²) in [5.41, 5.74) is 1.28. The molecule has 0 aromatic carbocycles.